The lowest BCUT2D eigenvalue weighted by Crippen LogP contribution is -2.37. The van der Waals surface area contributed by atoms with Gasteiger partial charge in [-0.3, -0.25) is 9.59 Å². The van der Waals surface area contributed by atoms with Crippen molar-refractivity contribution in [3.8, 4) is 0 Å². The summed E-state index contributed by atoms with van der Waals surface area (Å²) in [6, 6.07) is 5.19. The Kier molecular flexibility index (Phi) is 6.76. The van der Waals surface area contributed by atoms with E-state index in [1.165, 1.54) is 0 Å². The molecule has 8 heteroatoms. The van der Waals surface area contributed by atoms with E-state index in [4.69, 9.17) is 28.2 Å². The van der Waals surface area contributed by atoms with Crippen LogP contribution >= 0.6 is 35.0 Å². The fraction of sp³-hybridized carbons (Fsp3) is 0.458. The topological polar surface area (TPSA) is 74.8 Å². The van der Waals surface area contributed by atoms with Crippen LogP contribution in [0.2, 0.25) is 10.0 Å². The van der Waals surface area contributed by atoms with Crippen molar-refractivity contribution >= 4 is 46.6 Å². The number of nitrogens with one attached hydrogen (secondary N) is 2. The number of halogens is 2. The van der Waals surface area contributed by atoms with Crippen LogP contribution in [0.25, 0.3) is 0 Å². The van der Waals surface area contributed by atoms with E-state index in [9.17, 15) is 9.59 Å². The maximum absolute atomic E-state index is 13.3. The Morgan fingerprint density at radius 3 is 2.69 bits per heavy atom. The number of carbonyl (C=O) groups excluding carboxylic acids is 1. The van der Waals surface area contributed by atoms with Gasteiger partial charge in [0.15, 0.2) is 10.9 Å². The summed E-state index contributed by atoms with van der Waals surface area (Å²) in [6.45, 7) is 6.32. The number of benzene rings is 1. The third-order valence-electron chi connectivity index (χ3n) is 5.96. The fourth-order valence-corrected chi connectivity index (χ4v) is 5.91. The van der Waals surface area contributed by atoms with Crippen LogP contribution in [0.3, 0.4) is 0 Å². The third-order valence-corrected chi connectivity index (χ3v) is 7.48. The quantitative estimate of drug-likeness (QED) is 0.271. The lowest BCUT2D eigenvalue weighted by molar-refractivity contribution is -0.118. The van der Waals surface area contributed by atoms with E-state index in [1.54, 1.807) is 30.0 Å². The van der Waals surface area contributed by atoms with Gasteiger partial charge >= 0.3 is 0 Å². The Hall–Kier alpha value is -1.76. The largest absolute Gasteiger partial charge is 0.343 e. The Labute approximate surface area is 202 Å². The molecule has 170 valence electrons. The minimum absolute atomic E-state index is 0.0304. The molecular formula is C24H27Cl2N3O2S. The smallest absolute Gasteiger partial charge is 0.257 e. The monoisotopic (exact) mass is 491 g/mol. The van der Waals surface area contributed by atoms with Crippen molar-refractivity contribution in [2.24, 2.45) is 5.41 Å². The minimum Gasteiger partial charge on any atom is -0.343 e. The molecule has 32 heavy (non-hydrogen) atoms. The fourth-order valence-electron chi connectivity index (χ4n) is 4.53. The highest BCUT2D eigenvalue weighted by Gasteiger charge is 2.43. The van der Waals surface area contributed by atoms with Gasteiger partial charge in [0, 0.05) is 39.4 Å². The van der Waals surface area contributed by atoms with Crippen molar-refractivity contribution in [3.05, 3.63) is 61.0 Å². The summed E-state index contributed by atoms with van der Waals surface area (Å²) in [5.74, 6) is 0.849. The third kappa shape index (κ3) is 4.63. The summed E-state index contributed by atoms with van der Waals surface area (Å²) >= 11 is 14.2. The highest BCUT2D eigenvalue weighted by atomic mass is 35.5. The van der Waals surface area contributed by atoms with E-state index in [2.05, 4.69) is 31.1 Å². The molecule has 1 aromatic heterocycles. The average molecular weight is 492 g/mol. The van der Waals surface area contributed by atoms with Crippen LogP contribution in [0.4, 0.5) is 5.82 Å². The Bertz CT molecular complexity index is 1160. The number of ketones is 1. The molecule has 2 aliphatic rings. The van der Waals surface area contributed by atoms with Crippen LogP contribution in [0.15, 0.2) is 39.4 Å². The second-order valence-corrected chi connectivity index (χ2v) is 11.2. The van der Waals surface area contributed by atoms with Gasteiger partial charge in [-0.2, -0.15) is 0 Å². The zero-order valence-corrected chi connectivity index (χ0v) is 20.8. The minimum atomic E-state index is -0.579. The number of carbonyl (C=O) groups is 1. The van der Waals surface area contributed by atoms with Crippen molar-refractivity contribution in [2.75, 3.05) is 11.1 Å². The summed E-state index contributed by atoms with van der Waals surface area (Å²) in [5.41, 5.74) is 2.13. The van der Waals surface area contributed by atoms with Gasteiger partial charge in [0.1, 0.15) is 5.82 Å². The average Bonchev–Trinajstić information content (AvgIpc) is 2.69. The lowest BCUT2D eigenvalue weighted by Gasteiger charge is -2.38. The summed E-state index contributed by atoms with van der Waals surface area (Å²) in [7, 11) is 0. The highest BCUT2D eigenvalue weighted by Crippen LogP contribution is 2.49. The number of nitrogens with zero attached hydrogens (tertiary/aromatic N) is 1. The number of H-pyrrole nitrogens is 1. The number of Topliss-reactive ketones (excluding diaryl/α,β-unsaturated/α-hetero) is 1. The van der Waals surface area contributed by atoms with E-state index in [0.29, 0.717) is 50.6 Å². The second-order valence-electron chi connectivity index (χ2n) is 9.25. The summed E-state index contributed by atoms with van der Waals surface area (Å²) in [5, 5.41) is 4.86. The molecule has 0 radical (unpaired) electrons. The number of hydrogen-bond acceptors (Lipinski definition) is 5. The molecule has 2 N–H and O–H groups in total. The number of hydrogen-bond donors (Lipinski definition) is 2. The number of allylic oxidation sites excluding steroid dienone is 2. The number of fused-ring (bicyclic) bond motifs is 1. The molecule has 0 saturated heterocycles. The van der Waals surface area contributed by atoms with Gasteiger partial charge in [-0.25, -0.2) is 4.98 Å². The first kappa shape index (κ1) is 23.4. The van der Waals surface area contributed by atoms with Crippen LogP contribution in [0, 0.1) is 5.41 Å². The SMILES string of the molecule is CCCCCSc1nc2c(c(=O)[nH]1)C(c1ccc(Cl)cc1Cl)C1=C(CC(C)(C)CC1=O)N2. The lowest BCUT2D eigenvalue weighted by atomic mass is 9.69. The number of rotatable bonds is 6. The molecule has 1 atom stereocenters. The van der Waals surface area contributed by atoms with Gasteiger partial charge in [0.2, 0.25) is 0 Å². The molecule has 1 aromatic carbocycles. The number of aromatic nitrogens is 2. The number of unbranched alkanes of at least 4 members (excludes halogenated alkanes) is 2. The predicted molar refractivity (Wildman–Crippen MR) is 132 cm³/mol. The van der Waals surface area contributed by atoms with Crippen molar-refractivity contribution in [1.82, 2.24) is 9.97 Å². The van der Waals surface area contributed by atoms with Crippen LogP contribution in [0.5, 0.6) is 0 Å². The summed E-state index contributed by atoms with van der Waals surface area (Å²) in [6.07, 6.45) is 4.46. The molecule has 0 saturated carbocycles. The van der Waals surface area contributed by atoms with Gasteiger partial charge in [-0.15, -0.1) is 0 Å². The molecule has 1 aliphatic heterocycles. The Morgan fingerprint density at radius 1 is 1.19 bits per heavy atom. The van der Waals surface area contributed by atoms with Gasteiger partial charge in [-0.1, -0.05) is 74.6 Å². The summed E-state index contributed by atoms with van der Waals surface area (Å²) in [4.78, 5) is 34.2. The van der Waals surface area contributed by atoms with Crippen molar-refractivity contribution in [3.63, 3.8) is 0 Å². The van der Waals surface area contributed by atoms with E-state index in [0.717, 1.165) is 30.7 Å². The molecule has 0 fully saturated rings. The maximum atomic E-state index is 13.3. The maximum Gasteiger partial charge on any atom is 0.257 e. The molecule has 0 spiro atoms. The zero-order chi connectivity index (χ0) is 23.0. The van der Waals surface area contributed by atoms with E-state index in [-0.39, 0.29) is 16.8 Å². The van der Waals surface area contributed by atoms with Crippen LogP contribution in [-0.2, 0) is 4.79 Å². The molecule has 1 aliphatic carbocycles. The number of thioether (sulfide) groups is 1. The van der Waals surface area contributed by atoms with E-state index < -0.39 is 5.92 Å². The first-order chi connectivity index (χ1) is 15.2. The molecule has 0 bridgehead atoms. The molecule has 5 nitrogen and oxygen atoms in total. The van der Waals surface area contributed by atoms with Crippen LogP contribution in [0.1, 0.15) is 69.9 Å². The van der Waals surface area contributed by atoms with Crippen molar-refractivity contribution in [2.45, 2.75) is 63.9 Å². The molecular weight excluding hydrogens is 465 g/mol. The van der Waals surface area contributed by atoms with Gasteiger partial charge < -0.3 is 10.3 Å². The van der Waals surface area contributed by atoms with Crippen molar-refractivity contribution < 1.29 is 4.79 Å². The first-order valence-corrected chi connectivity index (χ1v) is 12.7. The first-order valence-electron chi connectivity index (χ1n) is 11.0. The number of anilines is 1. The van der Waals surface area contributed by atoms with E-state index >= 15 is 0 Å². The molecule has 4 rings (SSSR count). The van der Waals surface area contributed by atoms with Gasteiger partial charge in [0.25, 0.3) is 5.56 Å². The van der Waals surface area contributed by atoms with Crippen LogP contribution in [-0.4, -0.2) is 21.5 Å². The molecule has 2 aromatic rings. The van der Waals surface area contributed by atoms with E-state index in [1.807, 2.05) is 0 Å². The number of aromatic amines is 1. The zero-order valence-electron chi connectivity index (χ0n) is 18.5. The molecule has 0 amide bonds. The molecule has 1 unspecified atom stereocenters. The van der Waals surface area contributed by atoms with Gasteiger partial charge in [-0.05, 0) is 36.0 Å². The standard InChI is InChI=1S/C24H27Cl2N3O2S/c1-4-5-6-9-32-23-28-21-20(22(31)29-23)18(14-8-7-13(25)10-15(14)26)19-16(27-21)11-24(2,3)12-17(19)30/h7-8,10,18H,4-6,9,11-12H2,1-3H3,(H2,27,28,29,31). The highest BCUT2D eigenvalue weighted by molar-refractivity contribution is 7.99. The van der Waals surface area contributed by atoms with Crippen LogP contribution < -0.4 is 10.9 Å². The normalized spacial score (nSPS) is 19.4. The van der Waals surface area contributed by atoms with Crippen molar-refractivity contribution in [1.29, 1.82) is 0 Å². The second kappa shape index (κ2) is 9.24. The Balaban J connectivity index is 1.84. The predicted octanol–water partition coefficient (Wildman–Crippen LogP) is 6.56. The summed E-state index contributed by atoms with van der Waals surface area (Å²) < 4.78 is 0. The molecule has 2 heterocycles. The Morgan fingerprint density at radius 2 is 1.97 bits per heavy atom. The van der Waals surface area contributed by atoms with Gasteiger partial charge in [0.05, 0.1) is 5.56 Å².